The normalized spacial score (nSPS) is 23.4. The minimum atomic E-state index is 0.446. The Morgan fingerprint density at radius 1 is 1.33 bits per heavy atom. The third-order valence-electron chi connectivity index (χ3n) is 3.86. The van der Waals surface area contributed by atoms with Gasteiger partial charge in [-0.15, -0.1) is 0 Å². The van der Waals surface area contributed by atoms with E-state index in [4.69, 9.17) is 18.0 Å². The first-order chi connectivity index (χ1) is 8.40. The van der Waals surface area contributed by atoms with Crippen LogP contribution in [0.25, 0.3) is 0 Å². The molecule has 1 fully saturated rings. The van der Waals surface area contributed by atoms with Crippen molar-refractivity contribution in [2.24, 2.45) is 17.6 Å². The van der Waals surface area contributed by atoms with Gasteiger partial charge in [0.05, 0.1) is 5.56 Å². The number of nitrogens with two attached hydrogens (primary N) is 1. The zero-order chi connectivity index (χ0) is 13.4. The fraction of sp³-hybridized carbons (Fsp3) is 0.571. The lowest BCUT2D eigenvalue weighted by Crippen LogP contribution is -2.26. The maximum atomic E-state index is 5.87. The number of rotatable bonds is 2. The van der Waals surface area contributed by atoms with E-state index in [9.17, 15) is 0 Å². The third kappa shape index (κ3) is 2.34. The first kappa shape index (κ1) is 13.3. The number of nitrogens with zero attached hydrogens (tertiary/aromatic N) is 2. The summed E-state index contributed by atoms with van der Waals surface area (Å²) in [4.78, 5) is 7.43. The Labute approximate surface area is 114 Å². The molecule has 1 aromatic rings. The second-order valence-corrected chi connectivity index (χ2v) is 5.94. The molecule has 2 N–H and O–H groups in total. The maximum Gasteiger partial charge on any atom is 0.139 e. The molecule has 0 radical (unpaired) electrons. The first-order valence-corrected chi connectivity index (χ1v) is 6.84. The van der Waals surface area contributed by atoms with E-state index in [-0.39, 0.29) is 0 Å². The monoisotopic (exact) mass is 263 g/mol. The lowest BCUT2D eigenvalue weighted by molar-refractivity contribution is 0.494. The van der Waals surface area contributed by atoms with E-state index in [1.807, 2.05) is 13.0 Å². The fourth-order valence-corrected chi connectivity index (χ4v) is 2.91. The van der Waals surface area contributed by atoms with Crippen LogP contribution in [0.2, 0.25) is 0 Å². The van der Waals surface area contributed by atoms with Gasteiger partial charge >= 0.3 is 0 Å². The van der Waals surface area contributed by atoms with Gasteiger partial charge < -0.3 is 10.6 Å². The van der Waals surface area contributed by atoms with Crippen LogP contribution in [0.3, 0.4) is 0 Å². The molecule has 0 aliphatic carbocycles. The highest BCUT2D eigenvalue weighted by atomic mass is 32.1. The predicted octanol–water partition coefficient (Wildman–Crippen LogP) is 2.42. The lowest BCUT2D eigenvalue weighted by atomic mass is 10.0. The van der Waals surface area contributed by atoms with Crippen molar-refractivity contribution in [1.82, 2.24) is 4.98 Å². The van der Waals surface area contributed by atoms with Crippen molar-refractivity contribution in [2.75, 3.05) is 18.0 Å². The summed E-state index contributed by atoms with van der Waals surface area (Å²) in [6.45, 7) is 10.7. The van der Waals surface area contributed by atoms with Crippen LogP contribution < -0.4 is 10.6 Å². The highest BCUT2D eigenvalue weighted by Gasteiger charge is 2.29. The van der Waals surface area contributed by atoms with E-state index in [0.717, 1.165) is 35.7 Å². The molecule has 0 saturated carbocycles. The summed E-state index contributed by atoms with van der Waals surface area (Å²) in [5.74, 6) is 2.34. The van der Waals surface area contributed by atoms with Crippen LogP contribution in [0.4, 0.5) is 5.82 Å². The Morgan fingerprint density at radius 3 is 2.39 bits per heavy atom. The summed E-state index contributed by atoms with van der Waals surface area (Å²) in [6, 6.07) is 2.04. The molecule has 2 atom stereocenters. The molecule has 0 amide bonds. The van der Waals surface area contributed by atoms with E-state index >= 15 is 0 Å². The molecule has 4 heteroatoms. The molecule has 1 aromatic heterocycles. The molecule has 18 heavy (non-hydrogen) atoms. The highest BCUT2D eigenvalue weighted by molar-refractivity contribution is 7.80. The summed E-state index contributed by atoms with van der Waals surface area (Å²) in [5.41, 5.74) is 8.95. The van der Waals surface area contributed by atoms with Crippen LogP contribution in [-0.4, -0.2) is 23.1 Å². The fourth-order valence-electron chi connectivity index (χ4n) is 2.65. The average Bonchev–Trinajstić information content (AvgIpc) is 2.57. The van der Waals surface area contributed by atoms with Crippen molar-refractivity contribution in [2.45, 2.75) is 27.7 Å². The van der Waals surface area contributed by atoms with Gasteiger partial charge in [-0.2, -0.15) is 0 Å². The molecular weight excluding hydrogens is 242 g/mol. The number of aryl methyl sites for hydroxylation is 2. The minimum absolute atomic E-state index is 0.446. The van der Waals surface area contributed by atoms with E-state index < -0.39 is 0 Å². The van der Waals surface area contributed by atoms with Crippen LogP contribution in [0.1, 0.15) is 30.7 Å². The third-order valence-corrected chi connectivity index (χ3v) is 4.06. The van der Waals surface area contributed by atoms with E-state index in [1.54, 1.807) is 0 Å². The second-order valence-electron chi connectivity index (χ2n) is 5.50. The Hall–Kier alpha value is -1.16. The highest BCUT2D eigenvalue weighted by Crippen LogP contribution is 2.30. The van der Waals surface area contributed by atoms with Crippen molar-refractivity contribution >= 4 is 23.0 Å². The smallest absolute Gasteiger partial charge is 0.139 e. The van der Waals surface area contributed by atoms with Gasteiger partial charge in [0.1, 0.15) is 10.8 Å². The zero-order valence-electron chi connectivity index (χ0n) is 11.5. The molecule has 1 aliphatic heterocycles. The predicted molar refractivity (Wildman–Crippen MR) is 80.1 cm³/mol. The number of thiocarbonyl (C=S) groups is 1. The van der Waals surface area contributed by atoms with Gasteiger partial charge in [0.25, 0.3) is 0 Å². The summed E-state index contributed by atoms with van der Waals surface area (Å²) >= 11 is 5.19. The molecule has 1 saturated heterocycles. The molecule has 1 aliphatic rings. The van der Waals surface area contributed by atoms with E-state index in [1.165, 1.54) is 0 Å². The van der Waals surface area contributed by atoms with Gasteiger partial charge in [0.2, 0.25) is 0 Å². The van der Waals surface area contributed by atoms with Crippen molar-refractivity contribution < 1.29 is 0 Å². The van der Waals surface area contributed by atoms with Gasteiger partial charge in [-0.3, -0.25) is 0 Å². The number of hydrogen-bond acceptors (Lipinski definition) is 3. The maximum absolute atomic E-state index is 5.87. The summed E-state index contributed by atoms with van der Waals surface area (Å²) in [7, 11) is 0. The van der Waals surface area contributed by atoms with Gasteiger partial charge in [-0.25, -0.2) is 4.98 Å². The molecular formula is C14H21N3S. The lowest BCUT2D eigenvalue weighted by Gasteiger charge is -2.22. The quantitative estimate of drug-likeness (QED) is 0.832. The number of anilines is 1. The minimum Gasteiger partial charge on any atom is -0.389 e. The number of aromatic nitrogens is 1. The number of hydrogen-bond donors (Lipinski definition) is 1. The van der Waals surface area contributed by atoms with Crippen molar-refractivity contribution in [3.05, 3.63) is 22.9 Å². The molecule has 2 heterocycles. The largest absolute Gasteiger partial charge is 0.389 e. The van der Waals surface area contributed by atoms with E-state index in [2.05, 4.69) is 30.7 Å². The zero-order valence-corrected chi connectivity index (χ0v) is 12.3. The number of pyridine rings is 1. The summed E-state index contributed by atoms with van der Waals surface area (Å²) in [5, 5.41) is 0. The SMILES string of the molecule is Cc1cc(C)c(C(N)=S)c(N2CC(C)C(C)C2)n1. The van der Waals surface area contributed by atoms with Crippen molar-refractivity contribution in [1.29, 1.82) is 0 Å². The summed E-state index contributed by atoms with van der Waals surface area (Å²) in [6.07, 6.45) is 0. The Bertz CT molecular complexity index is 474. The van der Waals surface area contributed by atoms with Gasteiger partial charge in [-0.1, -0.05) is 26.1 Å². The molecule has 98 valence electrons. The van der Waals surface area contributed by atoms with Crippen LogP contribution in [0, 0.1) is 25.7 Å². The summed E-state index contributed by atoms with van der Waals surface area (Å²) < 4.78 is 0. The topological polar surface area (TPSA) is 42.1 Å². The Balaban J connectivity index is 2.47. The second kappa shape index (κ2) is 4.84. The van der Waals surface area contributed by atoms with Gasteiger partial charge in [0, 0.05) is 18.8 Å². The molecule has 0 spiro atoms. The molecule has 2 unspecified atom stereocenters. The van der Waals surface area contributed by atoms with Crippen LogP contribution in [0.5, 0.6) is 0 Å². The van der Waals surface area contributed by atoms with E-state index in [0.29, 0.717) is 16.8 Å². The van der Waals surface area contributed by atoms with Gasteiger partial charge in [-0.05, 0) is 37.3 Å². The molecule has 2 rings (SSSR count). The molecule has 0 bridgehead atoms. The van der Waals surface area contributed by atoms with Crippen LogP contribution in [-0.2, 0) is 0 Å². The standard InChI is InChI=1S/C14H21N3S/c1-8-5-11(4)16-14(12(8)13(15)18)17-6-9(2)10(3)7-17/h5,9-10H,6-7H2,1-4H3,(H2,15,18). The Morgan fingerprint density at radius 2 is 1.89 bits per heavy atom. The Kier molecular flexibility index (Phi) is 3.57. The molecule has 3 nitrogen and oxygen atoms in total. The van der Waals surface area contributed by atoms with Crippen molar-refractivity contribution in [3.8, 4) is 0 Å². The average molecular weight is 263 g/mol. The van der Waals surface area contributed by atoms with Crippen molar-refractivity contribution in [3.63, 3.8) is 0 Å². The van der Waals surface area contributed by atoms with Crippen LogP contribution in [0.15, 0.2) is 6.07 Å². The first-order valence-electron chi connectivity index (χ1n) is 6.43. The molecule has 0 aromatic carbocycles. The van der Waals surface area contributed by atoms with Gasteiger partial charge in [0.15, 0.2) is 0 Å². The van der Waals surface area contributed by atoms with Crippen LogP contribution >= 0.6 is 12.2 Å².